The predicted octanol–water partition coefficient (Wildman–Crippen LogP) is 3.10. The van der Waals surface area contributed by atoms with E-state index in [9.17, 15) is 13.2 Å². The molecule has 1 heterocycles. The largest absolute Gasteiger partial charge is 0.458 e. The fourth-order valence-corrected chi connectivity index (χ4v) is 4.26. The molecular formula is C19H18O4S. The quantitative estimate of drug-likeness (QED) is 0.633. The first kappa shape index (κ1) is 16.5. The van der Waals surface area contributed by atoms with Gasteiger partial charge in [-0.1, -0.05) is 48.5 Å². The number of ether oxygens (including phenoxy) is 1. The normalized spacial score (nSPS) is 19.4. The zero-order chi connectivity index (χ0) is 17.0. The van der Waals surface area contributed by atoms with E-state index < -0.39 is 21.9 Å². The lowest BCUT2D eigenvalue weighted by Crippen LogP contribution is -2.17. The van der Waals surface area contributed by atoms with Gasteiger partial charge in [-0.3, -0.25) is 0 Å². The molecule has 0 spiro atoms. The zero-order valence-electron chi connectivity index (χ0n) is 13.1. The maximum atomic E-state index is 11.8. The van der Waals surface area contributed by atoms with E-state index in [0.717, 1.165) is 16.7 Å². The third kappa shape index (κ3) is 4.32. The number of carbonyl (C=O) groups is 1. The van der Waals surface area contributed by atoms with Crippen LogP contribution in [-0.2, 0) is 19.4 Å². The lowest BCUT2D eigenvalue weighted by atomic mass is 10.0. The monoisotopic (exact) mass is 342 g/mol. The summed E-state index contributed by atoms with van der Waals surface area (Å²) in [6, 6.07) is 17.8. The van der Waals surface area contributed by atoms with Gasteiger partial charge in [-0.2, -0.15) is 0 Å². The summed E-state index contributed by atoms with van der Waals surface area (Å²) in [5.41, 5.74) is 3.05. The van der Waals surface area contributed by atoms with Crippen LogP contribution in [0.4, 0.5) is 0 Å². The average molecular weight is 342 g/mol. The molecule has 124 valence electrons. The molecule has 1 atom stereocenters. The van der Waals surface area contributed by atoms with Gasteiger partial charge in [0.15, 0.2) is 9.84 Å². The molecule has 0 bridgehead atoms. The standard InChI is InChI=1S/C19H18O4S/c20-19(23-18-11-12-24(21,22)14-18)10-9-15-5-4-8-17(13-15)16-6-2-1-3-7-16/h1-10,13,18H,11-12,14H2. The molecule has 0 amide bonds. The molecular weight excluding hydrogens is 324 g/mol. The van der Waals surface area contributed by atoms with E-state index in [1.165, 1.54) is 6.08 Å². The Hall–Kier alpha value is -2.40. The first-order valence-corrected chi connectivity index (χ1v) is 9.59. The fraction of sp³-hybridized carbons (Fsp3) is 0.211. The Morgan fingerprint density at radius 3 is 2.50 bits per heavy atom. The van der Waals surface area contributed by atoms with Gasteiger partial charge < -0.3 is 4.74 Å². The molecule has 0 aromatic heterocycles. The van der Waals surface area contributed by atoms with Crippen LogP contribution in [0.5, 0.6) is 0 Å². The second-order valence-electron chi connectivity index (χ2n) is 5.79. The van der Waals surface area contributed by atoms with Crippen molar-refractivity contribution >= 4 is 21.9 Å². The molecule has 1 saturated heterocycles. The number of hydrogen-bond donors (Lipinski definition) is 0. The zero-order valence-corrected chi connectivity index (χ0v) is 13.9. The maximum Gasteiger partial charge on any atom is 0.331 e. The van der Waals surface area contributed by atoms with Crippen LogP contribution in [0.25, 0.3) is 17.2 Å². The Balaban J connectivity index is 1.65. The number of carbonyl (C=O) groups excluding carboxylic acids is 1. The third-order valence-electron chi connectivity index (χ3n) is 3.88. The van der Waals surface area contributed by atoms with Crippen molar-refractivity contribution in [2.45, 2.75) is 12.5 Å². The SMILES string of the molecule is O=C(C=Cc1cccc(-c2ccccc2)c1)OC1CCS(=O)(=O)C1. The van der Waals surface area contributed by atoms with Gasteiger partial charge in [0.25, 0.3) is 0 Å². The second kappa shape index (κ2) is 7.01. The number of sulfone groups is 1. The van der Waals surface area contributed by atoms with Crippen LogP contribution in [0.2, 0.25) is 0 Å². The molecule has 1 aliphatic rings. The summed E-state index contributed by atoms with van der Waals surface area (Å²) in [6.45, 7) is 0. The molecule has 1 unspecified atom stereocenters. The van der Waals surface area contributed by atoms with E-state index in [1.54, 1.807) is 6.08 Å². The Morgan fingerprint density at radius 1 is 1.04 bits per heavy atom. The van der Waals surface area contributed by atoms with Gasteiger partial charge >= 0.3 is 5.97 Å². The van der Waals surface area contributed by atoms with Crippen molar-refractivity contribution in [2.24, 2.45) is 0 Å². The third-order valence-corrected chi connectivity index (χ3v) is 5.62. The fourth-order valence-electron chi connectivity index (χ4n) is 2.67. The van der Waals surface area contributed by atoms with E-state index in [4.69, 9.17) is 4.74 Å². The number of benzene rings is 2. The Labute approximate surface area is 141 Å². The smallest absolute Gasteiger partial charge is 0.331 e. The highest BCUT2D eigenvalue weighted by Gasteiger charge is 2.30. The molecule has 0 aliphatic carbocycles. The summed E-state index contributed by atoms with van der Waals surface area (Å²) in [5.74, 6) is -0.494. The lowest BCUT2D eigenvalue weighted by Gasteiger charge is -2.07. The van der Waals surface area contributed by atoms with E-state index in [2.05, 4.69) is 0 Å². The first-order chi connectivity index (χ1) is 11.5. The topological polar surface area (TPSA) is 60.4 Å². The number of hydrogen-bond acceptors (Lipinski definition) is 4. The average Bonchev–Trinajstić information content (AvgIpc) is 2.92. The molecule has 3 rings (SSSR count). The molecule has 2 aromatic rings. The first-order valence-electron chi connectivity index (χ1n) is 7.76. The maximum absolute atomic E-state index is 11.8. The van der Waals surface area contributed by atoms with E-state index in [0.29, 0.717) is 6.42 Å². The van der Waals surface area contributed by atoms with Crippen LogP contribution in [0.1, 0.15) is 12.0 Å². The summed E-state index contributed by atoms with van der Waals surface area (Å²) in [5, 5.41) is 0. The molecule has 5 heteroatoms. The summed E-state index contributed by atoms with van der Waals surface area (Å²) < 4.78 is 27.9. The van der Waals surface area contributed by atoms with Crippen molar-refractivity contribution in [1.82, 2.24) is 0 Å². The van der Waals surface area contributed by atoms with Gasteiger partial charge in [0.2, 0.25) is 0 Å². The highest BCUT2D eigenvalue weighted by Crippen LogP contribution is 2.21. The van der Waals surface area contributed by atoms with Gasteiger partial charge in [-0.15, -0.1) is 0 Å². The summed E-state index contributed by atoms with van der Waals surface area (Å²) >= 11 is 0. The number of esters is 1. The predicted molar refractivity (Wildman–Crippen MR) is 94.1 cm³/mol. The highest BCUT2D eigenvalue weighted by molar-refractivity contribution is 7.91. The Bertz CT molecular complexity index is 854. The van der Waals surface area contributed by atoms with Crippen molar-refractivity contribution in [3.05, 3.63) is 66.2 Å². The minimum absolute atomic E-state index is 0.0733. The highest BCUT2D eigenvalue weighted by atomic mass is 32.2. The van der Waals surface area contributed by atoms with Crippen molar-refractivity contribution in [2.75, 3.05) is 11.5 Å². The molecule has 2 aromatic carbocycles. The summed E-state index contributed by atoms with van der Waals surface area (Å²) in [6.07, 6.45) is 2.88. The van der Waals surface area contributed by atoms with E-state index in [1.807, 2.05) is 54.6 Å². The molecule has 1 aliphatic heterocycles. The van der Waals surface area contributed by atoms with E-state index >= 15 is 0 Å². The molecule has 24 heavy (non-hydrogen) atoms. The van der Waals surface area contributed by atoms with Crippen molar-refractivity contribution < 1.29 is 17.9 Å². The molecule has 1 fully saturated rings. The van der Waals surface area contributed by atoms with Crippen LogP contribution in [0.3, 0.4) is 0 Å². The Kier molecular flexibility index (Phi) is 4.81. The van der Waals surface area contributed by atoms with Crippen LogP contribution >= 0.6 is 0 Å². The van der Waals surface area contributed by atoms with Crippen LogP contribution < -0.4 is 0 Å². The van der Waals surface area contributed by atoms with Crippen LogP contribution in [-0.4, -0.2) is 32.0 Å². The molecule has 0 N–H and O–H groups in total. The van der Waals surface area contributed by atoms with Crippen molar-refractivity contribution in [3.63, 3.8) is 0 Å². The molecule has 0 saturated carbocycles. The van der Waals surface area contributed by atoms with Crippen LogP contribution in [0.15, 0.2) is 60.7 Å². The molecule has 4 nitrogen and oxygen atoms in total. The Morgan fingerprint density at radius 2 is 1.79 bits per heavy atom. The molecule has 0 radical (unpaired) electrons. The minimum atomic E-state index is -3.05. The van der Waals surface area contributed by atoms with Crippen molar-refractivity contribution in [1.29, 1.82) is 0 Å². The summed E-state index contributed by atoms with van der Waals surface area (Å²) in [7, 11) is -3.05. The lowest BCUT2D eigenvalue weighted by molar-refractivity contribution is -0.141. The minimum Gasteiger partial charge on any atom is -0.458 e. The van der Waals surface area contributed by atoms with Gasteiger partial charge in [-0.05, 0) is 35.3 Å². The van der Waals surface area contributed by atoms with Crippen molar-refractivity contribution in [3.8, 4) is 11.1 Å². The van der Waals surface area contributed by atoms with Gasteiger partial charge in [0.1, 0.15) is 6.10 Å². The van der Waals surface area contributed by atoms with Crippen LogP contribution in [0, 0.1) is 0 Å². The van der Waals surface area contributed by atoms with Gasteiger partial charge in [-0.25, -0.2) is 13.2 Å². The van der Waals surface area contributed by atoms with Gasteiger partial charge in [0.05, 0.1) is 11.5 Å². The second-order valence-corrected chi connectivity index (χ2v) is 8.02. The van der Waals surface area contributed by atoms with Gasteiger partial charge in [0, 0.05) is 6.08 Å². The number of rotatable bonds is 4. The van der Waals surface area contributed by atoms with E-state index in [-0.39, 0.29) is 11.5 Å². The summed E-state index contributed by atoms with van der Waals surface area (Å²) in [4.78, 5) is 11.8.